The number of anilines is 1. The molecule has 1 unspecified atom stereocenters. The van der Waals surface area contributed by atoms with E-state index in [1.165, 1.54) is 18.2 Å². The number of aromatic nitrogens is 5. The molecule has 3 aromatic heterocycles. The van der Waals surface area contributed by atoms with Gasteiger partial charge in [0.2, 0.25) is 5.88 Å². The number of ether oxygens (including phenoxy) is 2. The molecule has 6 rings (SSSR count). The SMILES string of the molecule is Fc1cc(Cl)ccc1COc1ccc(F)c(N2CCN(Cc3nc4cc(Cl)nnc4n3CC3CCO3)CC2)n1. The Bertz CT molecular complexity index is 1490. The van der Waals surface area contributed by atoms with Gasteiger partial charge in [0.1, 0.15) is 23.8 Å². The van der Waals surface area contributed by atoms with E-state index in [1.807, 2.05) is 4.90 Å². The molecule has 2 aliphatic rings. The topological polar surface area (TPSA) is 81.4 Å². The van der Waals surface area contributed by atoms with Crippen molar-refractivity contribution >= 4 is 40.2 Å². The molecular formula is C26H25Cl2F2N7O2. The van der Waals surface area contributed by atoms with Gasteiger partial charge in [-0.15, -0.1) is 10.2 Å². The lowest BCUT2D eigenvalue weighted by Gasteiger charge is -2.35. The molecule has 0 spiro atoms. The number of halogens is 4. The summed E-state index contributed by atoms with van der Waals surface area (Å²) in [5.41, 5.74) is 1.72. The van der Waals surface area contributed by atoms with E-state index in [0.717, 1.165) is 18.9 Å². The average Bonchev–Trinajstić information content (AvgIpc) is 3.22. The van der Waals surface area contributed by atoms with Gasteiger partial charge in [0, 0.05) is 55.5 Å². The maximum atomic E-state index is 14.7. The van der Waals surface area contributed by atoms with Crippen molar-refractivity contribution in [1.29, 1.82) is 0 Å². The van der Waals surface area contributed by atoms with E-state index in [2.05, 4.69) is 24.6 Å². The molecule has 2 fully saturated rings. The van der Waals surface area contributed by atoms with Gasteiger partial charge in [0.05, 0.1) is 19.2 Å². The highest BCUT2D eigenvalue weighted by molar-refractivity contribution is 6.30. The van der Waals surface area contributed by atoms with Crippen LogP contribution in [0.15, 0.2) is 36.4 Å². The zero-order valence-corrected chi connectivity index (χ0v) is 22.4. The first kappa shape index (κ1) is 26.1. The molecule has 13 heteroatoms. The van der Waals surface area contributed by atoms with E-state index in [0.29, 0.717) is 66.2 Å². The summed E-state index contributed by atoms with van der Waals surface area (Å²) in [6.45, 7) is 4.46. The van der Waals surface area contributed by atoms with Gasteiger partial charge in [-0.25, -0.2) is 13.8 Å². The monoisotopic (exact) mass is 575 g/mol. The molecule has 9 nitrogen and oxygen atoms in total. The van der Waals surface area contributed by atoms with Gasteiger partial charge in [0.25, 0.3) is 0 Å². The van der Waals surface area contributed by atoms with Crippen molar-refractivity contribution in [2.75, 3.05) is 37.7 Å². The summed E-state index contributed by atoms with van der Waals surface area (Å²) >= 11 is 11.9. The molecule has 1 atom stereocenters. The second kappa shape index (κ2) is 11.2. The fourth-order valence-electron chi connectivity index (χ4n) is 4.72. The fourth-order valence-corrected chi connectivity index (χ4v) is 5.02. The number of piperazine rings is 1. The summed E-state index contributed by atoms with van der Waals surface area (Å²) in [4.78, 5) is 13.3. The first-order valence-electron chi connectivity index (χ1n) is 12.6. The third kappa shape index (κ3) is 5.76. The highest BCUT2D eigenvalue weighted by Gasteiger charge is 2.26. The largest absolute Gasteiger partial charge is 0.473 e. The standard InChI is InChI=1S/C26H25Cl2F2N7O2/c27-17-2-1-16(20(30)11-17)15-39-24-4-3-19(29)25(32-24)36-8-6-35(7-9-36)14-23-31-21-12-22(28)33-34-26(21)37(23)13-18-5-10-38-18/h1-4,11-12,18H,5-10,13-15H2. The Hall–Kier alpha value is -3.12. The van der Waals surface area contributed by atoms with Crippen LogP contribution in [0, 0.1) is 11.6 Å². The average molecular weight is 576 g/mol. The Morgan fingerprint density at radius 3 is 2.54 bits per heavy atom. The molecule has 0 bridgehead atoms. The minimum Gasteiger partial charge on any atom is -0.473 e. The smallest absolute Gasteiger partial charge is 0.215 e. The van der Waals surface area contributed by atoms with Crippen LogP contribution in [-0.2, 0) is 24.4 Å². The van der Waals surface area contributed by atoms with Gasteiger partial charge < -0.3 is 18.9 Å². The first-order chi connectivity index (χ1) is 18.9. The van der Waals surface area contributed by atoms with Crippen LogP contribution in [0.3, 0.4) is 0 Å². The number of nitrogens with zero attached hydrogens (tertiary/aromatic N) is 7. The Morgan fingerprint density at radius 2 is 1.79 bits per heavy atom. The summed E-state index contributed by atoms with van der Waals surface area (Å²) in [5.74, 6) is 0.383. The highest BCUT2D eigenvalue weighted by Crippen LogP contribution is 2.25. The Kier molecular flexibility index (Phi) is 7.48. The molecule has 39 heavy (non-hydrogen) atoms. The quantitative estimate of drug-likeness (QED) is 0.304. The maximum Gasteiger partial charge on any atom is 0.215 e. The molecule has 0 aliphatic carbocycles. The van der Waals surface area contributed by atoms with E-state index in [9.17, 15) is 8.78 Å². The van der Waals surface area contributed by atoms with Crippen LogP contribution in [0.2, 0.25) is 10.2 Å². The number of imidazole rings is 1. The number of hydrogen-bond donors (Lipinski definition) is 0. The van der Waals surface area contributed by atoms with Gasteiger partial charge >= 0.3 is 0 Å². The lowest BCUT2D eigenvalue weighted by atomic mass is 10.2. The van der Waals surface area contributed by atoms with Crippen LogP contribution in [0.1, 0.15) is 17.8 Å². The summed E-state index contributed by atoms with van der Waals surface area (Å²) < 4.78 is 42.2. The molecule has 0 radical (unpaired) electrons. The van der Waals surface area contributed by atoms with E-state index in [1.54, 1.807) is 18.2 Å². The first-order valence-corrected chi connectivity index (χ1v) is 13.4. The van der Waals surface area contributed by atoms with Gasteiger partial charge in [-0.3, -0.25) is 4.90 Å². The van der Waals surface area contributed by atoms with Crippen molar-refractivity contribution in [3.8, 4) is 5.88 Å². The molecule has 0 amide bonds. The highest BCUT2D eigenvalue weighted by atomic mass is 35.5. The van der Waals surface area contributed by atoms with E-state index < -0.39 is 11.6 Å². The van der Waals surface area contributed by atoms with Crippen molar-refractivity contribution in [2.24, 2.45) is 0 Å². The number of fused-ring (bicyclic) bond motifs is 1. The Labute approximate surface area is 233 Å². The van der Waals surface area contributed by atoms with Crippen molar-refractivity contribution in [1.82, 2.24) is 29.6 Å². The summed E-state index contributed by atoms with van der Waals surface area (Å²) in [6.07, 6.45) is 1.13. The molecule has 4 aromatic rings. The third-order valence-corrected chi connectivity index (χ3v) is 7.37. The minimum absolute atomic E-state index is 0.0443. The van der Waals surface area contributed by atoms with Gasteiger partial charge in [-0.05, 0) is 24.6 Å². The zero-order valence-electron chi connectivity index (χ0n) is 20.9. The lowest BCUT2D eigenvalue weighted by molar-refractivity contribution is -0.0592. The second-order valence-corrected chi connectivity index (χ2v) is 10.4. The van der Waals surface area contributed by atoms with Crippen LogP contribution in [0.4, 0.5) is 14.6 Å². The second-order valence-electron chi connectivity index (χ2n) is 9.54. The van der Waals surface area contributed by atoms with Crippen LogP contribution in [0.25, 0.3) is 11.2 Å². The van der Waals surface area contributed by atoms with Crippen LogP contribution in [0.5, 0.6) is 5.88 Å². The zero-order chi connectivity index (χ0) is 26.9. The molecule has 1 aromatic carbocycles. The molecule has 2 aliphatic heterocycles. The molecule has 0 saturated carbocycles. The van der Waals surface area contributed by atoms with Gasteiger partial charge in [0.15, 0.2) is 22.4 Å². The van der Waals surface area contributed by atoms with E-state index in [-0.39, 0.29) is 24.4 Å². The van der Waals surface area contributed by atoms with Gasteiger partial charge in [-0.2, -0.15) is 4.98 Å². The molecular weight excluding hydrogens is 551 g/mol. The van der Waals surface area contributed by atoms with Crippen molar-refractivity contribution < 1.29 is 18.3 Å². The van der Waals surface area contributed by atoms with Crippen molar-refractivity contribution in [3.05, 3.63) is 69.6 Å². The normalized spacial score (nSPS) is 17.9. The van der Waals surface area contributed by atoms with E-state index in [4.69, 9.17) is 37.7 Å². The predicted octanol–water partition coefficient (Wildman–Crippen LogP) is 4.50. The van der Waals surface area contributed by atoms with Crippen LogP contribution >= 0.6 is 23.2 Å². The van der Waals surface area contributed by atoms with Crippen LogP contribution < -0.4 is 9.64 Å². The number of hydrogen-bond acceptors (Lipinski definition) is 8. The predicted molar refractivity (Wildman–Crippen MR) is 142 cm³/mol. The Balaban J connectivity index is 1.11. The fraction of sp³-hybridized carbons (Fsp3) is 0.385. The van der Waals surface area contributed by atoms with Gasteiger partial charge in [-0.1, -0.05) is 29.3 Å². The summed E-state index contributed by atoms with van der Waals surface area (Å²) in [6, 6.07) is 8.84. The number of rotatable bonds is 8. The number of benzene rings is 1. The third-order valence-electron chi connectivity index (χ3n) is 6.95. The summed E-state index contributed by atoms with van der Waals surface area (Å²) in [5, 5.41) is 8.86. The molecule has 2 saturated heterocycles. The van der Waals surface area contributed by atoms with Crippen LogP contribution in [-0.4, -0.2) is 68.5 Å². The van der Waals surface area contributed by atoms with E-state index >= 15 is 0 Å². The minimum atomic E-state index is -0.468. The van der Waals surface area contributed by atoms with Crippen molar-refractivity contribution in [3.63, 3.8) is 0 Å². The lowest BCUT2D eigenvalue weighted by Crippen LogP contribution is -2.47. The molecule has 5 heterocycles. The van der Waals surface area contributed by atoms with Crippen molar-refractivity contribution in [2.45, 2.75) is 32.2 Å². The maximum absolute atomic E-state index is 14.7. The number of pyridine rings is 1. The Morgan fingerprint density at radius 1 is 0.974 bits per heavy atom. The molecule has 0 N–H and O–H groups in total. The molecule has 204 valence electrons. The summed E-state index contributed by atoms with van der Waals surface area (Å²) in [7, 11) is 0.